The number of alkyl halides is 3. The molecule has 20 heavy (non-hydrogen) atoms. The van der Waals surface area contributed by atoms with E-state index in [1.165, 1.54) is 6.07 Å². The van der Waals surface area contributed by atoms with Crippen LogP contribution < -0.4 is 5.73 Å². The number of hydrogen-bond donors (Lipinski definition) is 1. The third-order valence-corrected chi connectivity index (χ3v) is 4.26. The molecule has 1 aromatic carbocycles. The molecule has 1 aromatic rings. The molecule has 0 aliphatic carbocycles. The van der Waals surface area contributed by atoms with Crippen molar-refractivity contribution in [3.63, 3.8) is 0 Å². The second kappa shape index (κ2) is 5.74. The predicted molar refractivity (Wildman–Crippen MR) is 73.2 cm³/mol. The lowest BCUT2D eigenvalue weighted by Crippen LogP contribution is -2.31. The van der Waals surface area contributed by atoms with Gasteiger partial charge in [0.2, 0.25) is 0 Å². The average molecular weight is 286 g/mol. The Morgan fingerprint density at radius 1 is 1.25 bits per heavy atom. The number of halogens is 3. The third-order valence-electron chi connectivity index (χ3n) is 4.26. The standard InChI is InChI=1S/C15H21F3N2/c1-10(19)12-7-8-20(9-12)11(2)13-5-3-4-6-14(13)15(16,17)18/h3-6,10-12H,7-9,19H2,1-2H3. The summed E-state index contributed by atoms with van der Waals surface area (Å²) in [7, 11) is 0. The lowest BCUT2D eigenvalue weighted by molar-refractivity contribution is -0.138. The van der Waals surface area contributed by atoms with Crippen LogP contribution in [0.2, 0.25) is 0 Å². The van der Waals surface area contributed by atoms with Gasteiger partial charge in [-0.1, -0.05) is 18.2 Å². The van der Waals surface area contributed by atoms with Gasteiger partial charge in [0.1, 0.15) is 0 Å². The fourth-order valence-corrected chi connectivity index (χ4v) is 2.91. The molecule has 2 N–H and O–H groups in total. The van der Waals surface area contributed by atoms with Crippen LogP contribution in [-0.4, -0.2) is 24.0 Å². The van der Waals surface area contributed by atoms with Crippen LogP contribution >= 0.6 is 0 Å². The molecule has 1 fully saturated rings. The van der Waals surface area contributed by atoms with Crippen molar-refractivity contribution in [3.05, 3.63) is 35.4 Å². The van der Waals surface area contributed by atoms with E-state index < -0.39 is 11.7 Å². The van der Waals surface area contributed by atoms with E-state index >= 15 is 0 Å². The molecule has 1 aliphatic rings. The second-order valence-electron chi connectivity index (χ2n) is 5.66. The summed E-state index contributed by atoms with van der Waals surface area (Å²) in [5.74, 6) is 0.371. The molecule has 3 unspecified atom stereocenters. The Labute approximate surface area is 117 Å². The molecule has 0 saturated carbocycles. The largest absolute Gasteiger partial charge is 0.416 e. The molecule has 2 nitrogen and oxygen atoms in total. The molecule has 1 heterocycles. The quantitative estimate of drug-likeness (QED) is 0.922. The van der Waals surface area contributed by atoms with E-state index in [-0.39, 0.29) is 12.1 Å². The van der Waals surface area contributed by atoms with Gasteiger partial charge in [0, 0.05) is 18.6 Å². The van der Waals surface area contributed by atoms with Gasteiger partial charge in [-0.25, -0.2) is 0 Å². The maximum Gasteiger partial charge on any atom is 0.416 e. The topological polar surface area (TPSA) is 29.3 Å². The summed E-state index contributed by atoms with van der Waals surface area (Å²) in [4.78, 5) is 2.10. The highest BCUT2D eigenvalue weighted by Crippen LogP contribution is 2.37. The van der Waals surface area contributed by atoms with Crippen LogP contribution in [-0.2, 0) is 6.18 Å². The van der Waals surface area contributed by atoms with Crippen LogP contribution in [0.4, 0.5) is 13.2 Å². The van der Waals surface area contributed by atoms with E-state index in [1.807, 2.05) is 13.8 Å². The monoisotopic (exact) mass is 286 g/mol. The summed E-state index contributed by atoms with van der Waals surface area (Å²) in [6.45, 7) is 5.38. The number of hydrogen-bond acceptors (Lipinski definition) is 2. The molecule has 1 aliphatic heterocycles. The van der Waals surface area contributed by atoms with E-state index in [0.29, 0.717) is 11.5 Å². The molecule has 1 saturated heterocycles. The summed E-state index contributed by atoms with van der Waals surface area (Å²) in [5, 5.41) is 0. The van der Waals surface area contributed by atoms with Crippen LogP contribution in [0.1, 0.15) is 37.4 Å². The minimum Gasteiger partial charge on any atom is -0.328 e. The molecule has 0 aromatic heterocycles. The molecular weight excluding hydrogens is 265 g/mol. The fraction of sp³-hybridized carbons (Fsp3) is 0.600. The molecule has 2 rings (SSSR count). The van der Waals surface area contributed by atoms with E-state index in [1.54, 1.807) is 12.1 Å². The lowest BCUT2D eigenvalue weighted by Gasteiger charge is -2.27. The Kier molecular flexibility index (Phi) is 4.39. The number of rotatable bonds is 3. The smallest absolute Gasteiger partial charge is 0.328 e. The second-order valence-corrected chi connectivity index (χ2v) is 5.66. The molecule has 0 spiro atoms. The van der Waals surface area contributed by atoms with Gasteiger partial charge in [-0.3, -0.25) is 4.90 Å². The van der Waals surface area contributed by atoms with E-state index in [4.69, 9.17) is 5.73 Å². The van der Waals surface area contributed by atoms with Crippen molar-refractivity contribution >= 4 is 0 Å². The van der Waals surface area contributed by atoms with Crippen LogP contribution in [0.3, 0.4) is 0 Å². The summed E-state index contributed by atoms with van der Waals surface area (Å²) in [5.41, 5.74) is 5.71. The Bertz CT molecular complexity index is 457. The Hall–Kier alpha value is -1.07. The van der Waals surface area contributed by atoms with Gasteiger partial charge in [-0.15, -0.1) is 0 Å². The van der Waals surface area contributed by atoms with Gasteiger partial charge in [0.15, 0.2) is 0 Å². The highest BCUT2D eigenvalue weighted by molar-refractivity contribution is 5.32. The molecule has 0 bridgehead atoms. The first-order valence-corrected chi connectivity index (χ1v) is 6.96. The van der Waals surface area contributed by atoms with Crippen LogP contribution in [0.15, 0.2) is 24.3 Å². The van der Waals surface area contributed by atoms with E-state index in [9.17, 15) is 13.2 Å². The van der Waals surface area contributed by atoms with Crippen LogP contribution in [0, 0.1) is 5.92 Å². The number of likely N-dealkylation sites (tertiary alicyclic amines) is 1. The van der Waals surface area contributed by atoms with Gasteiger partial charge in [0.25, 0.3) is 0 Å². The van der Waals surface area contributed by atoms with Gasteiger partial charge in [-0.2, -0.15) is 13.2 Å². The van der Waals surface area contributed by atoms with Crippen molar-refractivity contribution in [3.8, 4) is 0 Å². The van der Waals surface area contributed by atoms with Crippen molar-refractivity contribution in [1.29, 1.82) is 0 Å². The SMILES string of the molecule is CC(N)C1CCN(C(C)c2ccccc2C(F)(F)F)C1. The summed E-state index contributed by atoms with van der Waals surface area (Å²) in [6.07, 6.45) is -3.35. The number of nitrogens with zero attached hydrogens (tertiary/aromatic N) is 1. The molecule has 5 heteroatoms. The van der Waals surface area contributed by atoms with E-state index in [0.717, 1.165) is 25.6 Å². The lowest BCUT2D eigenvalue weighted by atomic mass is 9.99. The maximum atomic E-state index is 13.1. The Morgan fingerprint density at radius 2 is 1.90 bits per heavy atom. The first-order valence-electron chi connectivity index (χ1n) is 6.96. The predicted octanol–water partition coefficient (Wildman–Crippen LogP) is 3.44. The highest BCUT2D eigenvalue weighted by atomic mass is 19.4. The first kappa shape index (κ1) is 15.3. The zero-order valence-electron chi connectivity index (χ0n) is 11.8. The minimum absolute atomic E-state index is 0.0880. The summed E-state index contributed by atoms with van der Waals surface area (Å²) >= 11 is 0. The molecule has 3 atom stereocenters. The van der Waals surface area contributed by atoms with Crippen molar-refractivity contribution < 1.29 is 13.2 Å². The summed E-state index contributed by atoms with van der Waals surface area (Å²) in [6, 6.07) is 5.69. The van der Waals surface area contributed by atoms with Crippen molar-refractivity contribution in [2.45, 2.75) is 38.5 Å². The van der Waals surface area contributed by atoms with Gasteiger partial charge < -0.3 is 5.73 Å². The van der Waals surface area contributed by atoms with Gasteiger partial charge >= 0.3 is 6.18 Å². The molecule has 0 amide bonds. The average Bonchev–Trinajstić information content (AvgIpc) is 2.86. The third kappa shape index (κ3) is 3.15. The summed E-state index contributed by atoms with van der Waals surface area (Å²) < 4.78 is 39.2. The normalized spacial score (nSPS) is 23.8. The van der Waals surface area contributed by atoms with Gasteiger partial charge in [-0.05, 0) is 44.4 Å². The molecule has 0 radical (unpaired) electrons. The maximum absolute atomic E-state index is 13.1. The minimum atomic E-state index is -4.30. The fourth-order valence-electron chi connectivity index (χ4n) is 2.91. The van der Waals surface area contributed by atoms with Crippen molar-refractivity contribution in [2.24, 2.45) is 11.7 Å². The zero-order valence-corrected chi connectivity index (χ0v) is 11.8. The van der Waals surface area contributed by atoms with Crippen LogP contribution in [0.25, 0.3) is 0 Å². The van der Waals surface area contributed by atoms with Crippen LogP contribution in [0.5, 0.6) is 0 Å². The Balaban J connectivity index is 2.20. The van der Waals surface area contributed by atoms with Gasteiger partial charge in [0.05, 0.1) is 5.56 Å². The van der Waals surface area contributed by atoms with E-state index in [2.05, 4.69) is 4.90 Å². The first-order chi connectivity index (χ1) is 9.30. The van der Waals surface area contributed by atoms with Crippen molar-refractivity contribution in [1.82, 2.24) is 4.90 Å². The zero-order chi connectivity index (χ0) is 14.9. The number of benzene rings is 1. The number of nitrogens with two attached hydrogens (primary N) is 1. The highest BCUT2D eigenvalue weighted by Gasteiger charge is 2.36. The molecule has 112 valence electrons. The molecular formula is C15H21F3N2. The van der Waals surface area contributed by atoms with Crippen molar-refractivity contribution in [2.75, 3.05) is 13.1 Å². The Morgan fingerprint density at radius 3 is 2.45 bits per heavy atom.